The zero-order valence-corrected chi connectivity index (χ0v) is 9.37. The molecule has 0 unspecified atom stereocenters. The molecule has 0 saturated heterocycles. The van der Waals surface area contributed by atoms with E-state index in [1.54, 1.807) is 0 Å². The Bertz CT molecular complexity index is 740. The minimum atomic E-state index is -0.793. The molecule has 0 aromatic heterocycles. The summed E-state index contributed by atoms with van der Waals surface area (Å²) in [5.74, 6) is -1.59. The first-order chi connectivity index (χ1) is 8.75. The van der Waals surface area contributed by atoms with E-state index in [-0.39, 0.29) is 0 Å². The minimum absolute atomic E-state index is 0.778. The summed E-state index contributed by atoms with van der Waals surface area (Å²) in [5, 5.41) is 2.18. The smallest absolute Gasteiger partial charge is 0.159 e. The molecule has 18 heavy (non-hydrogen) atoms. The highest BCUT2D eigenvalue weighted by Crippen LogP contribution is 2.47. The molecule has 0 amide bonds. The topological polar surface area (TPSA) is 0 Å². The van der Waals surface area contributed by atoms with E-state index in [0.29, 0.717) is 0 Å². The molecule has 0 spiro atoms. The third kappa shape index (κ3) is 1.07. The van der Waals surface area contributed by atoms with Crippen molar-refractivity contribution < 1.29 is 8.78 Å². The Balaban J connectivity index is 2.24. The molecule has 2 heteroatoms. The Hall–Kier alpha value is -2.22. The Labute approximate surface area is 102 Å². The van der Waals surface area contributed by atoms with Crippen LogP contribution in [0.5, 0.6) is 0 Å². The quantitative estimate of drug-likeness (QED) is 0.414. The first kappa shape index (κ1) is 9.77. The second-order valence-electron chi connectivity index (χ2n) is 4.52. The largest absolute Gasteiger partial charge is 0.204 e. The van der Waals surface area contributed by atoms with Gasteiger partial charge in [-0.05, 0) is 45.2 Å². The van der Waals surface area contributed by atoms with E-state index in [2.05, 4.69) is 0 Å². The molecular weight excluding hydrogens is 230 g/mol. The highest BCUT2D eigenvalue weighted by Gasteiger charge is 2.22. The van der Waals surface area contributed by atoms with Crippen LogP contribution >= 0.6 is 0 Å². The molecule has 1 aliphatic rings. The van der Waals surface area contributed by atoms with Crippen LogP contribution in [-0.4, -0.2) is 0 Å². The molecule has 3 aromatic rings. The van der Waals surface area contributed by atoms with Crippen molar-refractivity contribution in [3.63, 3.8) is 0 Å². The summed E-state index contributed by atoms with van der Waals surface area (Å²) in [6.07, 6.45) is 0. The van der Waals surface area contributed by atoms with E-state index >= 15 is 0 Å². The van der Waals surface area contributed by atoms with E-state index in [4.69, 9.17) is 0 Å². The fourth-order valence-electron chi connectivity index (χ4n) is 2.78. The highest BCUT2D eigenvalue weighted by molar-refractivity contribution is 6.15. The second kappa shape index (κ2) is 3.16. The second-order valence-corrected chi connectivity index (χ2v) is 4.52. The van der Waals surface area contributed by atoms with Gasteiger partial charge in [-0.15, -0.1) is 0 Å². The lowest BCUT2D eigenvalue weighted by Gasteiger charge is -2.02. The third-order valence-electron chi connectivity index (χ3n) is 3.55. The van der Waals surface area contributed by atoms with Gasteiger partial charge in [-0.1, -0.05) is 36.4 Å². The fourth-order valence-corrected chi connectivity index (χ4v) is 2.78. The fraction of sp³-hybridized carbons (Fsp3) is 0. The average molecular weight is 238 g/mol. The molecule has 0 nitrogen and oxygen atoms in total. The highest BCUT2D eigenvalue weighted by atomic mass is 19.2. The van der Waals surface area contributed by atoms with Crippen LogP contribution in [0.2, 0.25) is 0 Å². The molecule has 0 atom stereocenters. The van der Waals surface area contributed by atoms with Gasteiger partial charge in [0.05, 0.1) is 0 Å². The van der Waals surface area contributed by atoms with Crippen LogP contribution in [0.1, 0.15) is 0 Å². The Kier molecular flexibility index (Phi) is 1.72. The van der Waals surface area contributed by atoms with Gasteiger partial charge in [0.1, 0.15) is 0 Å². The van der Waals surface area contributed by atoms with Crippen molar-refractivity contribution >= 4 is 10.8 Å². The summed E-state index contributed by atoms with van der Waals surface area (Å²) in [4.78, 5) is 0. The lowest BCUT2D eigenvalue weighted by Crippen LogP contribution is -1.86. The zero-order chi connectivity index (χ0) is 12.3. The molecular formula is C16H8F2. The molecule has 0 N–H and O–H groups in total. The summed E-state index contributed by atoms with van der Waals surface area (Å²) in [5.41, 5.74) is 3.52. The van der Waals surface area contributed by atoms with E-state index < -0.39 is 11.6 Å². The van der Waals surface area contributed by atoms with Gasteiger partial charge < -0.3 is 0 Å². The monoisotopic (exact) mass is 238 g/mol. The lowest BCUT2D eigenvalue weighted by molar-refractivity contribution is 0.509. The first-order valence-corrected chi connectivity index (χ1v) is 5.77. The molecule has 0 fully saturated rings. The Morgan fingerprint density at radius 3 is 1.61 bits per heavy atom. The average Bonchev–Trinajstić information content (AvgIpc) is 2.68. The minimum Gasteiger partial charge on any atom is -0.204 e. The van der Waals surface area contributed by atoms with Gasteiger partial charge in [0.25, 0.3) is 0 Å². The molecule has 0 saturated carbocycles. The van der Waals surface area contributed by atoms with Gasteiger partial charge in [0.2, 0.25) is 0 Å². The van der Waals surface area contributed by atoms with Crippen molar-refractivity contribution in [3.8, 4) is 22.3 Å². The predicted molar refractivity (Wildman–Crippen MR) is 68.3 cm³/mol. The van der Waals surface area contributed by atoms with Crippen LogP contribution in [0.3, 0.4) is 0 Å². The van der Waals surface area contributed by atoms with Crippen molar-refractivity contribution in [1.82, 2.24) is 0 Å². The van der Waals surface area contributed by atoms with Crippen LogP contribution in [0.4, 0.5) is 8.78 Å². The Morgan fingerprint density at radius 1 is 0.611 bits per heavy atom. The summed E-state index contributed by atoms with van der Waals surface area (Å²) in [7, 11) is 0. The van der Waals surface area contributed by atoms with Gasteiger partial charge in [-0.2, -0.15) is 0 Å². The number of halogens is 2. The molecule has 0 bridgehead atoms. The van der Waals surface area contributed by atoms with Crippen LogP contribution in [0.15, 0.2) is 48.5 Å². The van der Waals surface area contributed by atoms with Crippen molar-refractivity contribution in [2.45, 2.75) is 0 Å². The summed E-state index contributed by atoms with van der Waals surface area (Å²) < 4.78 is 26.8. The first-order valence-electron chi connectivity index (χ1n) is 5.77. The van der Waals surface area contributed by atoms with E-state index in [9.17, 15) is 8.78 Å². The Morgan fingerprint density at radius 2 is 1.11 bits per heavy atom. The molecule has 3 aromatic carbocycles. The van der Waals surface area contributed by atoms with Crippen molar-refractivity contribution in [3.05, 3.63) is 60.2 Å². The lowest BCUT2D eigenvalue weighted by atomic mass is 10.0. The normalized spacial score (nSPS) is 11.9. The number of benzene rings is 3. The maximum Gasteiger partial charge on any atom is 0.159 e. The van der Waals surface area contributed by atoms with Gasteiger partial charge in [-0.25, -0.2) is 8.78 Å². The zero-order valence-electron chi connectivity index (χ0n) is 9.37. The number of rotatable bonds is 0. The number of hydrogen-bond donors (Lipinski definition) is 0. The van der Waals surface area contributed by atoms with Gasteiger partial charge in [0, 0.05) is 0 Å². The molecule has 86 valence electrons. The van der Waals surface area contributed by atoms with Gasteiger partial charge in [-0.3, -0.25) is 0 Å². The third-order valence-corrected chi connectivity index (χ3v) is 3.55. The summed E-state index contributed by atoms with van der Waals surface area (Å²) in [6, 6.07) is 14.4. The number of fused-ring (bicyclic) bond motifs is 3. The number of hydrogen-bond acceptors (Lipinski definition) is 0. The molecule has 4 rings (SSSR count). The maximum atomic E-state index is 13.4. The van der Waals surface area contributed by atoms with E-state index in [1.807, 2.05) is 36.4 Å². The van der Waals surface area contributed by atoms with Crippen LogP contribution in [-0.2, 0) is 0 Å². The van der Waals surface area contributed by atoms with Crippen molar-refractivity contribution in [1.29, 1.82) is 0 Å². The molecule has 1 aliphatic carbocycles. The SMILES string of the molecule is Fc1cc2c(cc1F)-c1cccc3cccc-2c13. The van der Waals surface area contributed by atoms with Gasteiger partial charge in [0.15, 0.2) is 11.6 Å². The van der Waals surface area contributed by atoms with Crippen LogP contribution in [0.25, 0.3) is 33.0 Å². The van der Waals surface area contributed by atoms with E-state index in [1.165, 1.54) is 12.1 Å². The summed E-state index contributed by atoms with van der Waals surface area (Å²) >= 11 is 0. The predicted octanol–water partition coefficient (Wildman–Crippen LogP) is 4.77. The van der Waals surface area contributed by atoms with Crippen LogP contribution in [0, 0.1) is 11.6 Å². The van der Waals surface area contributed by atoms with Gasteiger partial charge >= 0.3 is 0 Å². The standard InChI is InChI=1S/C16H8F2/c17-14-7-12-10-5-1-3-9-4-2-6-11(16(9)10)13(12)8-15(14)18/h1-8H. The maximum absolute atomic E-state index is 13.4. The summed E-state index contributed by atoms with van der Waals surface area (Å²) in [6.45, 7) is 0. The van der Waals surface area contributed by atoms with Crippen molar-refractivity contribution in [2.75, 3.05) is 0 Å². The molecule has 0 heterocycles. The molecule has 0 aliphatic heterocycles. The van der Waals surface area contributed by atoms with E-state index in [0.717, 1.165) is 33.0 Å². The van der Waals surface area contributed by atoms with Crippen molar-refractivity contribution in [2.24, 2.45) is 0 Å². The molecule has 0 radical (unpaired) electrons. The van der Waals surface area contributed by atoms with Crippen LogP contribution < -0.4 is 0 Å².